The van der Waals surface area contributed by atoms with E-state index in [0.717, 1.165) is 31.4 Å². The Morgan fingerprint density at radius 1 is 1.00 bits per heavy atom. The quantitative estimate of drug-likeness (QED) is 0.201. The summed E-state index contributed by atoms with van der Waals surface area (Å²) in [5.74, 6) is -0.382. The maximum atomic E-state index is 11.5. The number of unbranched alkanes of at least 4 members (excludes halogenated alkanes) is 3. The second kappa shape index (κ2) is 16.2. The van der Waals surface area contributed by atoms with E-state index in [1.807, 2.05) is 13.8 Å². The topological polar surface area (TPSA) is 78.4 Å². The monoisotopic (exact) mass is 296 g/mol. The number of carbonyl (C=O) groups is 2. The van der Waals surface area contributed by atoms with E-state index >= 15 is 0 Å². The number of rotatable bonds is 9. The summed E-state index contributed by atoms with van der Waals surface area (Å²) >= 11 is 0. The molecular formula is C16H28N2O3. The van der Waals surface area contributed by atoms with Crippen molar-refractivity contribution in [1.82, 2.24) is 10.8 Å². The maximum absolute atomic E-state index is 11.5. The van der Waals surface area contributed by atoms with E-state index in [1.165, 1.54) is 0 Å². The Morgan fingerprint density at radius 2 is 1.48 bits per heavy atom. The lowest BCUT2D eigenvalue weighted by Gasteiger charge is -2.05. The highest BCUT2D eigenvalue weighted by molar-refractivity contribution is 5.78. The van der Waals surface area contributed by atoms with Gasteiger partial charge < -0.3 is 5.32 Å². The smallest absolute Gasteiger partial charge is 0.243 e. The van der Waals surface area contributed by atoms with Gasteiger partial charge in [0.05, 0.1) is 0 Å². The van der Waals surface area contributed by atoms with E-state index in [1.54, 1.807) is 23.7 Å². The van der Waals surface area contributed by atoms with Crippen LogP contribution in [0.4, 0.5) is 0 Å². The third-order valence-electron chi connectivity index (χ3n) is 2.50. The van der Waals surface area contributed by atoms with Gasteiger partial charge in [-0.2, -0.15) is 0 Å². The van der Waals surface area contributed by atoms with E-state index in [-0.39, 0.29) is 11.8 Å². The molecule has 0 spiro atoms. The normalized spacial score (nSPS) is 9.95. The molecule has 0 aromatic carbocycles. The van der Waals surface area contributed by atoms with Crippen molar-refractivity contribution in [3.8, 4) is 0 Å². The highest BCUT2D eigenvalue weighted by atomic mass is 16.5. The fourth-order valence-electron chi connectivity index (χ4n) is 1.45. The second-order valence-electron chi connectivity index (χ2n) is 4.35. The van der Waals surface area contributed by atoms with E-state index in [9.17, 15) is 9.59 Å². The molecule has 0 fully saturated rings. The lowest BCUT2D eigenvalue weighted by molar-refractivity contribution is -0.129. The van der Waals surface area contributed by atoms with Gasteiger partial charge in [0, 0.05) is 18.5 Å². The van der Waals surface area contributed by atoms with E-state index in [4.69, 9.17) is 5.21 Å². The third-order valence-corrected chi connectivity index (χ3v) is 2.50. The highest BCUT2D eigenvalue weighted by Gasteiger charge is 2.02. The highest BCUT2D eigenvalue weighted by Crippen LogP contribution is 2.05. The van der Waals surface area contributed by atoms with Gasteiger partial charge in [-0.25, -0.2) is 5.48 Å². The Balaban J connectivity index is 0. The van der Waals surface area contributed by atoms with Crippen LogP contribution >= 0.6 is 0 Å². The lowest BCUT2D eigenvalue weighted by atomic mass is 10.1. The molecule has 0 aromatic heterocycles. The summed E-state index contributed by atoms with van der Waals surface area (Å²) < 4.78 is 0. The maximum Gasteiger partial charge on any atom is 0.243 e. The van der Waals surface area contributed by atoms with Gasteiger partial charge in [-0.05, 0) is 32.8 Å². The van der Waals surface area contributed by atoms with Gasteiger partial charge in [0.25, 0.3) is 0 Å². The van der Waals surface area contributed by atoms with E-state index < -0.39 is 0 Å². The molecule has 0 saturated heterocycles. The molecule has 0 aromatic rings. The number of hydroxylamine groups is 1. The molecule has 21 heavy (non-hydrogen) atoms. The number of allylic oxidation sites excluding steroid dienone is 3. The van der Waals surface area contributed by atoms with Crippen LogP contribution in [0, 0.1) is 0 Å². The average Bonchev–Trinajstić information content (AvgIpc) is 2.48. The van der Waals surface area contributed by atoms with Crippen molar-refractivity contribution >= 4 is 11.8 Å². The minimum atomic E-state index is -0.364. The Hall–Kier alpha value is -1.88. The van der Waals surface area contributed by atoms with Crippen molar-refractivity contribution in [3.05, 3.63) is 37.1 Å². The molecule has 5 heteroatoms. The molecule has 0 aliphatic heterocycles. The molecule has 0 heterocycles. The molecule has 5 nitrogen and oxygen atoms in total. The first-order valence-corrected chi connectivity index (χ1v) is 7.14. The molecule has 3 N–H and O–H groups in total. The Labute approximate surface area is 127 Å². The molecule has 0 saturated carbocycles. The van der Waals surface area contributed by atoms with Crippen LogP contribution in [0.2, 0.25) is 0 Å². The largest absolute Gasteiger partial charge is 0.326 e. The van der Waals surface area contributed by atoms with Crippen LogP contribution in [0.25, 0.3) is 0 Å². The molecule has 0 rings (SSSR count). The minimum absolute atomic E-state index is 0.0175. The van der Waals surface area contributed by atoms with Crippen LogP contribution in [0.1, 0.15) is 52.4 Å². The van der Waals surface area contributed by atoms with Crippen LogP contribution in [0.15, 0.2) is 37.1 Å². The van der Waals surface area contributed by atoms with Gasteiger partial charge in [-0.1, -0.05) is 31.6 Å². The van der Waals surface area contributed by atoms with Gasteiger partial charge in [-0.15, -0.1) is 6.58 Å². The fourth-order valence-corrected chi connectivity index (χ4v) is 1.45. The van der Waals surface area contributed by atoms with Gasteiger partial charge in [0.1, 0.15) is 0 Å². The summed E-state index contributed by atoms with van der Waals surface area (Å²) in [6, 6.07) is 0. The molecule has 0 aliphatic carbocycles. The number of amides is 2. The Morgan fingerprint density at radius 3 is 1.86 bits per heavy atom. The molecule has 0 unspecified atom stereocenters. The second-order valence-corrected chi connectivity index (χ2v) is 4.35. The Kier molecular flexibility index (Phi) is 16.5. The number of hydrogen-bond donors (Lipinski definition) is 3. The van der Waals surface area contributed by atoms with Crippen molar-refractivity contribution in [2.75, 3.05) is 0 Å². The number of carbonyl (C=O) groups excluding carboxylic acids is 2. The zero-order valence-electron chi connectivity index (χ0n) is 13.2. The number of hydrogen-bond acceptors (Lipinski definition) is 3. The summed E-state index contributed by atoms with van der Waals surface area (Å²) in [5, 5.41) is 11.0. The summed E-state index contributed by atoms with van der Waals surface area (Å²) in [4.78, 5) is 22.2. The van der Waals surface area contributed by atoms with Crippen LogP contribution in [0.3, 0.4) is 0 Å². The summed E-state index contributed by atoms with van der Waals surface area (Å²) in [6.45, 7) is 10.7. The predicted octanol–water partition coefficient (Wildman–Crippen LogP) is 3.23. The Bertz CT molecular complexity index is 349. The summed E-state index contributed by atoms with van der Waals surface area (Å²) in [7, 11) is 0. The van der Waals surface area contributed by atoms with E-state index in [0.29, 0.717) is 12.8 Å². The number of nitrogens with one attached hydrogen (secondary N) is 2. The van der Waals surface area contributed by atoms with Gasteiger partial charge in [0.2, 0.25) is 11.8 Å². The minimum Gasteiger partial charge on any atom is -0.326 e. The molecule has 0 atom stereocenters. The van der Waals surface area contributed by atoms with Crippen LogP contribution in [-0.2, 0) is 9.59 Å². The summed E-state index contributed by atoms with van der Waals surface area (Å²) in [5.41, 5.74) is 2.31. The van der Waals surface area contributed by atoms with Crippen molar-refractivity contribution in [2.45, 2.75) is 52.4 Å². The van der Waals surface area contributed by atoms with Crippen molar-refractivity contribution in [3.63, 3.8) is 0 Å². The van der Waals surface area contributed by atoms with Crippen molar-refractivity contribution in [1.29, 1.82) is 0 Å². The molecule has 0 bridgehead atoms. The van der Waals surface area contributed by atoms with Crippen LogP contribution in [0.5, 0.6) is 0 Å². The summed E-state index contributed by atoms with van der Waals surface area (Å²) in [6.07, 6.45) is 9.22. The lowest BCUT2D eigenvalue weighted by Crippen LogP contribution is -2.21. The zero-order valence-corrected chi connectivity index (χ0v) is 13.2. The predicted molar refractivity (Wildman–Crippen MR) is 85.6 cm³/mol. The van der Waals surface area contributed by atoms with Gasteiger partial charge in [0.15, 0.2) is 0 Å². The van der Waals surface area contributed by atoms with Crippen LogP contribution in [-0.4, -0.2) is 17.0 Å². The average molecular weight is 296 g/mol. The fraction of sp³-hybridized carbons (Fsp3) is 0.500. The SMILES string of the molecule is C=C/C(=C\C)NC(=O)CCCCCCC(=O)NO.C=CC. The van der Waals surface area contributed by atoms with E-state index in [2.05, 4.69) is 18.5 Å². The molecule has 120 valence electrons. The van der Waals surface area contributed by atoms with Gasteiger partial charge >= 0.3 is 0 Å². The van der Waals surface area contributed by atoms with Crippen molar-refractivity contribution < 1.29 is 14.8 Å². The standard InChI is InChI=1S/C13H22N2O3.C3H6/c1-3-11(4-2)14-12(16)9-7-5-6-8-10-13(17)15-18;1-3-2/h3-4,18H,1,5-10H2,2H3,(H,14,16)(H,15,17);3H,1H2,2H3/b11-4+;. The first-order valence-electron chi connectivity index (χ1n) is 7.14. The zero-order chi connectivity index (χ0) is 16.5. The molecule has 0 aliphatic rings. The van der Waals surface area contributed by atoms with Gasteiger partial charge in [-0.3, -0.25) is 14.8 Å². The first-order chi connectivity index (χ1) is 10.0. The molecule has 0 radical (unpaired) electrons. The molecule has 2 amide bonds. The third kappa shape index (κ3) is 16.1. The molecular weight excluding hydrogens is 268 g/mol. The van der Waals surface area contributed by atoms with Crippen molar-refractivity contribution in [2.24, 2.45) is 0 Å². The first kappa shape index (κ1) is 21.4. The van der Waals surface area contributed by atoms with Crippen LogP contribution < -0.4 is 10.8 Å².